The van der Waals surface area contributed by atoms with Gasteiger partial charge in [0.15, 0.2) is 0 Å². The summed E-state index contributed by atoms with van der Waals surface area (Å²) < 4.78 is 53.2. The van der Waals surface area contributed by atoms with Gasteiger partial charge in [0.25, 0.3) is 0 Å². The highest BCUT2D eigenvalue weighted by atomic mass is 31.2. The van der Waals surface area contributed by atoms with E-state index in [1.165, 1.54) is 13.1 Å². The molecular formula is C18H20F3N4O2P. The minimum Gasteiger partial charge on any atom is -0.392 e. The van der Waals surface area contributed by atoms with Crippen molar-refractivity contribution in [3.05, 3.63) is 36.2 Å². The van der Waals surface area contributed by atoms with E-state index in [1.807, 2.05) is 0 Å². The minimum absolute atomic E-state index is 0.0222. The summed E-state index contributed by atoms with van der Waals surface area (Å²) in [5, 5.41) is 13.1. The van der Waals surface area contributed by atoms with E-state index in [4.69, 9.17) is 0 Å². The summed E-state index contributed by atoms with van der Waals surface area (Å²) >= 11 is 0. The van der Waals surface area contributed by atoms with Gasteiger partial charge in [-0.15, -0.1) is 0 Å². The van der Waals surface area contributed by atoms with Gasteiger partial charge in [-0.2, -0.15) is 13.2 Å². The number of anilines is 1. The van der Waals surface area contributed by atoms with Gasteiger partial charge in [-0.1, -0.05) is 12.1 Å². The lowest BCUT2D eigenvalue weighted by Crippen LogP contribution is -2.18. The van der Waals surface area contributed by atoms with Gasteiger partial charge in [-0.05, 0) is 26.3 Å². The fourth-order valence-corrected chi connectivity index (χ4v) is 4.07. The van der Waals surface area contributed by atoms with Crippen molar-refractivity contribution < 1.29 is 22.8 Å². The smallest absolute Gasteiger partial charge is 0.392 e. The fourth-order valence-electron chi connectivity index (χ4n) is 2.90. The molecule has 6 nitrogen and oxygen atoms in total. The van der Waals surface area contributed by atoms with Gasteiger partial charge in [-0.25, -0.2) is 9.97 Å². The number of hydrogen-bond acceptors (Lipinski definition) is 5. The van der Waals surface area contributed by atoms with Crippen molar-refractivity contribution in [2.75, 3.05) is 25.2 Å². The third-order valence-electron chi connectivity index (χ3n) is 4.18. The van der Waals surface area contributed by atoms with Gasteiger partial charge in [0, 0.05) is 35.2 Å². The molecule has 3 N–H and O–H groups in total. The number of para-hydroxylation sites is 1. The van der Waals surface area contributed by atoms with Crippen molar-refractivity contribution in [3.8, 4) is 11.3 Å². The molecule has 2 aromatic heterocycles. The first-order chi connectivity index (χ1) is 13.0. The third-order valence-corrected chi connectivity index (χ3v) is 5.71. The molecule has 150 valence electrons. The molecule has 0 bridgehead atoms. The highest BCUT2D eigenvalue weighted by Crippen LogP contribution is 2.41. The Morgan fingerprint density at radius 3 is 2.64 bits per heavy atom. The number of nitrogens with zero attached hydrogens (tertiary/aromatic N) is 2. The van der Waals surface area contributed by atoms with Gasteiger partial charge >= 0.3 is 6.18 Å². The molecule has 0 amide bonds. The molecule has 0 saturated heterocycles. The van der Waals surface area contributed by atoms with Crippen molar-refractivity contribution in [2.24, 2.45) is 0 Å². The lowest BCUT2D eigenvalue weighted by Gasteiger charge is -2.14. The van der Waals surface area contributed by atoms with Crippen LogP contribution in [0.2, 0.25) is 0 Å². The van der Waals surface area contributed by atoms with Crippen LogP contribution in [0.1, 0.15) is 12.5 Å². The van der Waals surface area contributed by atoms with Crippen LogP contribution in [-0.4, -0.2) is 46.0 Å². The summed E-state index contributed by atoms with van der Waals surface area (Å²) in [7, 11) is -2.64. The van der Waals surface area contributed by atoms with Crippen LogP contribution in [0.3, 0.4) is 0 Å². The predicted molar refractivity (Wildman–Crippen MR) is 104 cm³/mol. The molecule has 0 fully saturated rings. The second kappa shape index (κ2) is 7.22. The Morgan fingerprint density at radius 2 is 2.04 bits per heavy atom. The van der Waals surface area contributed by atoms with E-state index < -0.39 is 25.0 Å². The summed E-state index contributed by atoms with van der Waals surface area (Å²) in [5.41, 5.74) is -0.505. The largest absolute Gasteiger partial charge is 0.419 e. The molecule has 0 radical (unpaired) electrons. The molecular weight excluding hydrogens is 392 g/mol. The van der Waals surface area contributed by atoms with Gasteiger partial charge in [0.05, 0.1) is 17.3 Å². The highest BCUT2D eigenvalue weighted by molar-refractivity contribution is 7.70. The maximum Gasteiger partial charge on any atom is 0.419 e. The molecule has 3 aromatic rings. The molecule has 0 saturated carbocycles. The van der Waals surface area contributed by atoms with Crippen LogP contribution in [0, 0.1) is 0 Å². The molecule has 10 heteroatoms. The van der Waals surface area contributed by atoms with E-state index in [9.17, 15) is 22.8 Å². The van der Waals surface area contributed by atoms with E-state index in [0.717, 1.165) is 6.20 Å². The van der Waals surface area contributed by atoms with E-state index in [1.54, 1.807) is 31.5 Å². The Bertz CT molecular complexity index is 1060. The zero-order chi connectivity index (χ0) is 20.7. The molecule has 0 aliphatic heterocycles. The first kappa shape index (κ1) is 20.4. The second-order valence-electron chi connectivity index (χ2n) is 6.94. The molecule has 0 spiro atoms. The highest BCUT2D eigenvalue weighted by Gasteiger charge is 2.36. The zero-order valence-electron chi connectivity index (χ0n) is 15.5. The van der Waals surface area contributed by atoms with Crippen LogP contribution in [0.5, 0.6) is 0 Å². The quantitative estimate of drug-likeness (QED) is 0.556. The normalized spacial score (nSPS) is 13.7. The monoisotopic (exact) mass is 412 g/mol. The molecule has 0 unspecified atom stereocenters. The second-order valence-corrected chi connectivity index (χ2v) is 10.1. The molecule has 2 heterocycles. The summed E-state index contributed by atoms with van der Waals surface area (Å²) in [5.74, 6) is -0.0222. The van der Waals surface area contributed by atoms with Crippen molar-refractivity contribution in [3.63, 3.8) is 0 Å². The van der Waals surface area contributed by atoms with Crippen molar-refractivity contribution in [2.45, 2.75) is 19.2 Å². The first-order valence-electron chi connectivity index (χ1n) is 8.50. The number of aromatic nitrogens is 3. The number of aliphatic hydroxyl groups excluding tert-OH is 1. The molecule has 0 aliphatic carbocycles. The number of benzene rings is 1. The maximum atomic E-state index is 13.6. The molecule has 1 atom stereocenters. The molecule has 1 aromatic carbocycles. The van der Waals surface area contributed by atoms with Crippen LogP contribution in [-0.2, 0) is 10.7 Å². The summed E-state index contributed by atoms with van der Waals surface area (Å²) in [6.07, 6.45) is -3.21. The van der Waals surface area contributed by atoms with Gasteiger partial charge in [0.1, 0.15) is 12.7 Å². The van der Waals surface area contributed by atoms with Crippen LogP contribution < -0.4 is 10.6 Å². The van der Waals surface area contributed by atoms with E-state index in [-0.39, 0.29) is 23.8 Å². The van der Waals surface area contributed by atoms with Gasteiger partial charge in [-0.3, -0.25) is 0 Å². The average molecular weight is 412 g/mol. The van der Waals surface area contributed by atoms with Gasteiger partial charge < -0.3 is 20.0 Å². The van der Waals surface area contributed by atoms with Crippen LogP contribution in [0.25, 0.3) is 22.2 Å². The number of alkyl halides is 3. The van der Waals surface area contributed by atoms with Crippen LogP contribution in [0.15, 0.2) is 30.6 Å². The number of hydrogen-bond donors (Lipinski definition) is 3. The number of nitrogens with one attached hydrogen (secondary N) is 2. The summed E-state index contributed by atoms with van der Waals surface area (Å²) in [6, 6.07) is 5.02. The number of aliphatic hydroxyl groups is 1. The number of halogens is 3. The minimum atomic E-state index is -4.65. The SMILES string of the molecule is C[C@@H](O)CNc1ncc(C(F)(F)F)c(-c2c[nH]c3c(P(C)(C)=O)cccc23)n1. The molecule has 0 aliphatic rings. The number of fused-ring (bicyclic) bond motifs is 1. The Hall–Kier alpha value is -2.38. The predicted octanol–water partition coefficient (Wildman–Crippen LogP) is 3.68. The van der Waals surface area contributed by atoms with Crippen LogP contribution >= 0.6 is 7.14 Å². The Labute approximate surface area is 159 Å². The maximum absolute atomic E-state index is 13.6. The molecule has 28 heavy (non-hydrogen) atoms. The Kier molecular flexibility index (Phi) is 5.25. The van der Waals surface area contributed by atoms with Gasteiger partial charge in [0.2, 0.25) is 5.95 Å². The first-order valence-corrected chi connectivity index (χ1v) is 11.1. The van der Waals surface area contributed by atoms with E-state index >= 15 is 0 Å². The third kappa shape index (κ3) is 4.05. The van der Waals surface area contributed by atoms with Crippen molar-refractivity contribution >= 4 is 29.3 Å². The Morgan fingerprint density at radius 1 is 1.32 bits per heavy atom. The average Bonchev–Trinajstić information content (AvgIpc) is 3.01. The fraction of sp³-hybridized carbons (Fsp3) is 0.333. The standard InChI is InChI=1S/C18H20F3N4O2P/c1-10(26)7-23-17-24-9-13(18(19,20)21)15(25-17)12-8-22-16-11(12)5-4-6-14(16)28(2,3)27/h4-6,8-10,22,26H,7H2,1-3H3,(H,23,24,25)/t10-/m1/s1. The topological polar surface area (TPSA) is 90.9 Å². The number of aromatic amines is 1. The van der Waals surface area contributed by atoms with Crippen LogP contribution in [0.4, 0.5) is 19.1 Å². The van der Waals surface area contributed by atoms with E-state index in [2.05, 4.69) is 20.3 Å². The lowest BCUT2D eigenvalue weighted by molar-refractivity contribution is -0.137. The Balaban J connectivity index is 2.21. The lowest BCUT2D eigenvalue weighted by atomic mass is 10.1. The van der Waals surface area contributed by atoms with E-state index in [0.29, 0.717) is 16.2 Å². The number of H-pyrrole nitrogens is 1. The van der Waals surface area contributed by atoms with Crippen molar-refractivity contribution in [1.29, 1.82) is 0 Å². The number of rotatable bonds is 5. The zero-order valence-corrected chi connectivity index (χ0v) is 16.4. The summed E-state index contributed by atoms with van der Waals surface area (Å²) in [6.45, 7) is 4.84. The molecule has 3 rings (SSSR count). The summed E-state index contributed by atoms with van der Waals surface area (Å²) in [4.78, 5) is 10.7. The van der Waals surface area contributed by atoms with Crippen molar-refractivity contribution in [1.82, 2.24) is 15.0 Å².